The third-order valence-corrected chi connectivity index (χ3v) is 6.64. The minimum Gasteiger partial charge on any atom is -0.311 e. The Hall–Kier alpha value is -4.88. The minimum atomic E-state index is 1.12. The maximum Gasteiger partial charge on any atom is 0.0462 e. The number of hydrogen-bond acceptors (Lipinski definition) is 1. The van der Waals surface area contributed by atoms with Crippen LogP contribution in [-0.4, -0.2) is 0 Å². The second-order valence-electron chi connectivity index (χ2n) is 9.00. The van der Waals surface area contributed by atoms with Gasteiger partial charge in [-0.1, -0.05) is 121 Å². The summed E-state index contributed by atoms with van der Waals surface area (Å²) in [4.78, 5) is 2.31. The van der Waals surface area contributed by atoms with E-state index in [1.165, 1.54) is 33.4 Å². The monoisotopic (exact) mass is 472 g/mol. The van der Waals surface area contributed by atoms with E-state index >= 15 is 0 Å². The quantitative estimate of drug-likeness (QED) is 0.233. The molecule has 0 spiro atoms. The average molecular weight is 473 g/mol. The van der Waals surface area contributed by atoms with Crippen molar-refractivity contribution in [1.82, 2.24) is 0 Å². The van der Waals surface area contributed by atoms with Crippen molar-refractivity contribution in [3.05, 3.63) is 164 Å². The Balaban J connectivity index is 1.38. The van der Waals surface area contributed by atoms with Gasteiger partial charge in [0.2, 0.25) is 0 Å². The van der Waals surface area contributed by atoms with Gasteiger partial charge in [-0.3, -0.25) is 0 Å². The Morgan fingerprint density at radius 1 is 0.297 bits per heavy atom. The fourth-order valence-electron chi connectivity index (χ4n) is 4.70. The van der Waals surface area contributed by atoms with Gasteiger partial charge >= 0.3 is 0 Å². The lowest BCUT2D eigenvalue weighted by atomic mass is 10.0. The molecule has 0 aliphatic rings. The summed E-state index contributed by atoms with van der Waals surface area (Å²) in [5, 5.41) is 0. The minimum absolute atomic E-state index is 1.12. The summed E-state index contributed by atoms with van der Waals surface area (Å²) in [5.74, 6) is 0. The number of anilines is 3. The first-order valence-electron chi connectivity index (χ1n) is 12.5. The maximum absolute atomic E-state index is 3.10. The van der Waals surface area contributed by atoms with E-state index in [0.29, 0.717) is 0 Å². The fraction of sp³-hybridized carbons (Fsp3) is 0. The number of hydrogen-bond donors (Lipinski definition) is 0. The summed E-state index contributed by atoms with van der Waals surface area (Å²) in [6.45, 7) is 0. The summed E-state index contributed by atoms with van der Waals surface area (Å²) < 4.78 is 0. The first-order valence-corrected chi connectivity index (χ1v) is 12.5. The Bertz CT molecular complexity index is 1360. The van der Waals surface area contributed by atoms with Gasteiger partial charge in [-0.2, -0.15) is 0 Å². The highest BCUT2D eigenvalue weighted by Gasteiger charge is 2.13. The van der Waals surface area contributed by atoms with Crippen molar-refractivity contribution >= 4 is 17.1 Å². The van der Waals surface area contributed by atoms with Gasteiger partial charge in [-0.15, -0.1) is 0 Å². The molecule has 0 saturated heterocycles. The Kier molecular flexibility index (Phi) is 6.34. The van der Waals surface area contributed by atoms with Crippen molar-refractivity contribution in [2.45, 2.75) is 0 Å². The fourth-order valence-corrected chi connectivity index (χ4v) is 4.70. The second kappa shape index (κ2) is 10.4. The smallest absolute Gasteiger partial charge is 0.0462 e. The molecule has 0 amide bonds. The molecule has 175 valence electrons. The standard InChI is InChI=1S/C36H26N/c1-4-10-28(11-5-1)31-16-22-34(23-17-31)37(35-24-18-32(19-25-35)29-12-6-2-7-13-29)36-26-20-33(21-27-36)30-14-8-3-9-15-30/h1-2,4-27H. The Morgan fingerprint density at radius 2 is 0.595 bits per heavy atom. The molecule has 0 heterocycles. The van der Waals surface area contributed by atoms with E-state index in [0.717, 1.165) is 17.1 Å². The van der Waals surface area contributed by atoms with Gasteiger partial charge in [-0.25, -0.2) is 0 Å². The molecule has 0 aliphatic heterocycles. The molecule has 0 bridgehead atoms. The van der Waals surface area contributed by atoms with E-state index < -0.39 is 0 Å². The van der Waals surface area contributed by atoms with Crippen LogP contribution in [0.1, 0.15) is 0 Å². The van der Waals surface area contributed by atoms with Crippen molar-refractivity contribution in [3.63, 3.8) is 0 Å². The lowest BCUT2D eigenvalue weighted by molar-refractivity contribution is 1.28. The van der Waals surface area contributed by atoms with Crippen LogP contribution < -0.4 is 4.90 Å². The van der Waals surface area contributed by atoms with E-state index in [2.05, 4.69) is 157 Å². The first-order chi connectivity index (χ1) is 18.3. The predicted molar refractivity (Wildman–Crippen MR) is 156 cm³/mol. The van der Waals surface area contributed by atoms with Gasteiger partial charge in [0.1, 0.15) is 0 Å². The summed E-state index contributed by atoms with van der Waals surface area (Å²) >= 11 is 0. The van der Waals surface area contributed by atoms with E-state index in [9.17, 15) is 0 Å². The van der Waals surface area contributed by atoms with Crippen LogP contribution in [0.4, 0.5) is 17.1 Å². The zero-order valence-corrected chi connectivity index (χ0v) is 20.5. The van der Waals surface area contributed by atoms with Gasteiger partial charge in [-0.05, 0) is 75.8 Å². The molecule has 0 atom stereocenters. The van der Waals surface area contributed by atoms with E-state index in [1.807, 2.05) is 12.1 Å². The largest absolute Gasteiger partial charge is 0.311 e. The molecule has 6 rings (SSSR count). The molecule has 6 aromatic carbocycles. The van der Waals surface area contributed by atoms with E-state index in [-0.39, 0.29) is 0 Å². The van der Waals surface area contributed by atoms with Gasteiger partial charge in [0.05, 0.1) is 0 Å². The summed E-state index contributed by atoms with van der Waals surface area (Å²) in [5.41, 5.74) is 10.6. The van der Waals surface area contributed by atoms with Crippen molar-refractivity contribution in [2.75, 3.05) is 4.90 Å². The molecule has 1 radical (unpaired) electrons. The predicted octanol–water partition coefficient (Wildman–Crippen LogP) is 9.96. The molecular formula is C36H26N. The molecule has 1 nitrogen and oxygen atoms in total. The van der Waals surface area contributed by atoms with E-state index in [4.69, 9.17) is 0 Å². The molecule has 0 unspecified atom stereocenters. The molecule has 0 aromatic heterocycles. The van der Waals surface area contributed by atoms with Crippen LogP contribution in [0.25, 0.3) is 33.4 Å². The summed E-state index contributed by atoms with van der Waals surface area (Å²) in [6, 6.07) is 58.6. The maximum atomic E-state index is 3.10. The SMILES string of the molecule is [c]1ccc(-c2ccc(N(c3ccc(-c4ccccc4)cc3)c3ccc(-c4ccccc4)cc3)cc2)cc1. The molecular weight excluding hydrogens is 446 g/mol. The molecule has 0 aliphatic carbocycles. The van der Waals surface area contributed by atoms with Crippen molar-refractivity contribution in [2.24, 2.45) is 0 Å². The number of nitrogens with zero attached hydrogens (tertiary/aromatic N) is 1. The van der Waals surface area contributed by atoms with Crippen LogP contribution in [0.15, 0.2) is 158 Å². The van der Waals surface area contributed by atoms with Gasteiger partial charge in [0.15, 0.2) is 0 Å². The highest BCUT2D eigenvalue weighted by atomic mass is 15.1. The Labute approximate surface area is 218 Å². The lowest BCUT2D eigenvalue weighted by Crippen LogP contribution is -2.09. The van der Waals surface area contributed by atoms with Crippen LogP contribution in [0.2, 0.25) is 0 Å². The van der Waals surface area contributed by atoms with Crippen LogP contribution >= 0.6 is 0 Å². The van der Waals surface area contributed by atoms with Crippen molar-refractivity contribution in [1.29, 1.82) is 0 Å². The number of rotatable bonds is 6. The third kappa shape index (κ3) is 4.94. The molecule has 6 aromatic rings. The zero-order valence-electron chi connectivity index (χ0n) is 20.5. The topological polar surface area (TPSA) is 3.24 Å². The normalized spacial score (nSPS) is 10.7. The highest BCUT2D eigenvalue weighted by molar-refractivity contribution is 5.81. The molecule has 1 heteroatoms. The summed E-state index contributed by atoms with van der Waals surface area (Å²) in [6.07, 6.45) is 0. The molecule has 0 saturated carbocycles. The Morgan fingerprint density at radius 3 is 0.946 bits per heavy atom. The van der Waals surface area contributed by atoms with Gasteiger partial charge in [0.25, 0.3) is 0 Å². The molecule has 0 fully saturated rings. The highest BCUT2D eigenvalue weighted by Crippen LogP contribution is 2.37. The van der Waals surface area contributed by atoms with E-state index in [1.54, 1.807) is 0 Å². The van der Waals surface area contributed by atoms with Crippen LogP contribution in [0.3, 0.4) is 0 Å². The van der Waals surface area contributed by atoms with Gasteiger partial charge in [0, 0.05) is 17.1 Å². The second-order valence-corrected chi connectivity index (χ2v) is 9.00. The lowest BCUT2D eigenvalue weighted by Gasteiger charge is -2.26. The average Bonchev–Trinajstić information content (AvgIpc) is 3.00. The molecule has 0 N–H and O–H groups in total. The van der Waals surface area contributed by atoms with Crippen molar-refractivity contribution in [3.8, 4) is 33.4 Å². The third-order valence-electron chi connectivity index (χ3n) is 6.64. The number of benzene rings is 6. The van der Waals surface area contributed by atoms with Gasteiger partial charge < -0.3 is 4.90 Å². The first kappa shape index (κ1) is 22.6. The van der Waals surface area contributed by atoms with Crippen LogP contribution in [0, 0.1) is 6.07 Å². The van der Waals surface area contributed by atoms with Crippen LogP contribution in [0.5, 0.6) is 0 Å². The van der Waals surface area contributed by atoms with Crippen molar-refractivity contribution < 1.29 is 0 Å². The zero-order chi connectivity index (χ0) is 24.9. The molecule has 37 heavy (non-hydrogen) atoms. The summed E-state index contributed by atoms with van der Waals surface area (Å²) in [7, 11) is 0. The van der Waals surface area contributed by atoms with Crippen LogP contribution in [-0.2, 0) is 0 Å².